The van der Waals surface area contributed by atoms with Crippen molar-refractivity contribution in [3.05, 3.63) is 57.8 Å². The minimum Gasteiger partial charge on any atom is -0.337 e. The van der Waals surface area contributed by atoms with Crippen LogP contribution in [-0.2, 0) is 0 Å². The monoisotopic (exact) mass is 408 g/mol. The number of piperidine rings is 1. The van der Waals surface area contributed by atoms with Gasteiger partial charge in [0.1, 0.15) is 18.0 Å². The molecule has 1 saturated heterocycles. The van der Waals surface area contributed by atoms with Gasteiger partial charge in [-0.15, -0.1) is 0 Å². The SMILES string of the molecule is Fc1cc2ncnc(Nc3ccc(Cl)c(Cl)c3F)c2cc1C1CCCNC1. The fraction of sp³-hybridized carbons (Fsp3) is 0.263. The Balaban J connectivity index is 1.78. The second-order valence-electron chi connectivity index (χ2n) is 6.50. The van der Waals surface area contributed by atoms with Crippen LogP contribution in [0.2, 0.25) is 10.0 Å². The summed E-state index contributed by atoms with van der Waals surface area (Å²) in [5.41, 5.74) is 1.19. The highest BCUT2D eigenvalue weighted by Crippen LogP contribution is 2.34. The summed E-state index contributed by atoms with van der Waals surface area (Å²) in [5, 5.41) is 6.79. The molecule has 0 saturated carbocycles. The van der Waals surface area contributed by atoms with Crippen LogP contribution >= 0.6 is 23.2 Å². The largest absolute Gasteiger partial charge is 0.337 e. The van der Waals surface area contributed by atoms with E-state index in [-0.39, 0.29) is 27.5 Å². The van der Waals surface area contributed by atoms with Crippen molar-refractivity contribution < 1.29 is 8.78 Å². The molecule has 4 nitrogen and oxygen atoms in total. The number of aromatic nitrogens is 2. The zero-order valence-corrected chi connectivity index (χ0v) is 15.7. The minimum atomic E-state index is -0.672. The highest BCUT2D eigenvalue weighted by molar-refractivity contribution is 6.42. The van der Waals surface area contributed by atoms with Gasteiger partial charge in [0.15, 0.2) is 5.82 Å². The van der Waals surface area contributed by atoms with Crippen LogP contribution in [0.3, 0.4) is 0 Å². The van der Waals surface area contributed by atoms with E-state index in [1.807, 2.05) is 0 Å². The normalized spacial score (nSPS) is 17.3. The van der Waals surface area contributed by atoms with Gasteiger partial charge in [-0.05, 0) is 49.1 Å². The Bertz CT molecular complexity index is 1010. The molecule has 2 heterocycles. The standard InChI is InChI=1S/C19H16Cl2F2N4/c20-13-3-4-15(18(23)17(13)21)27-19-12-6-11(10-2-1-5-24-8-10)14(22)7-16(12)25-9-26-19/h3-4,6-7,9-10,24H,1-2,5,8H2,(H,25,26,27). The van der Waals surface area contributed by atoms with Gasteiger partial charge in [-0.25, -0.2) is 18.7 Å². The highest BCUT2D eigenvalue weighted by atomic mass is 35.5. The Morgan fingerprint density at radius 2 is 2.00 bits per heavy atom. The molecule has 27 heavy (non-hydrogen) atoms. The first-order valence-electron chi connectivity index (χ1n) is 8.60. The molecular formula is C19H16Cl2F2N4. The van der Waals surface area contributed by atoms with E-state index in [0.717, 1.165) is 25.9 Å². The number of hydrogen-bond donors (Lipinski definition) is 2. The van der Waals surface area contributed by atoms with Crippen molar-refractivity contribution in [3.63, 3.8) is 0 Å². The average Bonchev–Trinajstić information content (AvgIpc) is 2.68. The number of nitrogens with one attached hydrogen (secondary N) is 2. The van der Waals surface area contributed by atoms with Crippen LogP contribution in [0, 0.1) is 11.6 Å². The van der Waals surface area contributed by atoms with E-state index in [1.165, 1.54) is 24.5 Å². The van der Waals surface area contributed by atoms with Crippen molar-refractivity contribution in [3.8, 4) is 0 Å². The van der Waals surface area contributed by atoms with Gasteiger partial charge >= 0.3 is 0 Å². The summed E-state index contributed by atoms with van der Waals surface area (Å²) in [5.74, 6) is -0.503. The smallest absolute Gasteiger partial charge is 0.166 e. The zero-order chi connectivity index (χ0) is 19.0. The molecule has 2 aromatic carbocycles. The number of hydrogen-bond acceptors (Lipinski definition) is 4. The van der Waals surface area contributed by atoms with E-state index >= 15 is 0 Å². The van der Waals surface area contributed by atoms with E-state index in [2.05, 4.69) is 20.6 Å². The molecule has 140 valence electrons. The van der Waals surface area contributed by atoms with Crippen LogP contribution in [-0.4, -0.2) is 23.1 Å². The van der Waals surface area contributed by atoms with Gasteiger partial charge in [-0.2, -0.15) is 0 Å². The van der Waals surface area contributed by atoms with Crippen LogP contribution in [0.15, 0.2) is 30.6 Å². The molecular weight excluding hydrogens is 393 g/mol. The van der Waals surface area contributed by atoms with Gasteiger partial charge in [0.2, 0.25) is 0 Å². The number of rotatable bonds is 3. The van der Waals surface area contributed by atoms with E-state index < -0.39 is 5.82 Å². The van der Waals surface area contributed by atoms with Crippen molar-refractivity contribution in [1.29, 1.82) is 0 Å². The molecule has 0 spiro atoms. The first kappa shape index (κ1) is 18.3. The predicted molar refractivity (Wildman–Crippen MR) is 104 cm³/mol. The van der Waals surface area contributed by atoms with Crippen LogP contribution in [0.4, 0.5) is 20.3 Å². The minimum absolute atomic E-state index is 0.0814. The second kappa shape index (κ2) is 7.54. The summed E-state index contributed by atoms with van der Waals surface area (Å²) in [6, 6.07) is 6.13. The number of fused-ring (bicyclic) bond motifs is 1. The number of halogens is 4. The molecule has 1 aliphatic heterocycles. The van der Waals surface area contributed by atoms with Gasteiger partial charge < -0.3 is 10.6 Å². The van der Waals surface area contributed by atoms with Crippen LogP contribution in [0.1, 0.15) is 24.3 Å². The van der Waals surface area contributed by atoms with Gasteiger partial charge in [0.25, 0.3) is 0 Å². The molecule has 1 unspecified atom stereocenters. The molecule has 3 aromatic rings. The van der Waals surface area contributed by atoms with Crippen LogP contribution in [0.5, 0.6) is 0 Å². The maximum absolute atomic E-state index is 14.6. The van der Waals surface area contributed by atoms with Gasteiger partial charge in [0.05, 0.1) is 21.2 Å². The quantitative estimate of drug-likeness (QED) is 0.567. The fourth-order valence-corrected chi connectivity index (χ4v) is 3.68. The Kier molecular flexibility index (Phi) is 5.12. The predicted octanol–water partition coefficient (Wildman–Crippen LogP) is 5.43. The molecule has 1 atom stereocenters. The van der Waals surface area contributed by atoms with Gasteiger partial charge in [0, 0.05) is 18.0 Å². The molecule has 1 aliphatic rings. The van der Waals surface area contributed by atoms with Crippen molar-refractivity contribution in [2.45, 2.75) is 18.8 Å². The first-order chi connectivity index (χ1) is 13.0. The molecule has 8 heteroatoms. The summed E-state index contributed by atoms with van der Waals surface area (Å²) >= 11 is 11.7. The summed E-state index contributed by atoms with van der Waals surface area (Å²) < 4.78 is 29.0. The van der Waals surface area contributed by atoms with Gasteiger partial charge in [-0.1, -0.05) is 23.2 Å². The molecule has 0 amide bonds. The van der Waals surface area contributed by atoms with E-state index in [0.29, 0.717) is 22.3 Å². The number of nitrogens with zero attached hydrogens (tertiary/aromatic N) is 2. The molecule has 0 radical (unpaired) electrons. The van der Waals surface area contributed by atoms with Crippen molar-refractivity contribution in [2.75, 3.05) is 18.4 Å². The lowest BCUT2D eigenvalue weighted by atomic mass is 9.90. The van der Waals surface area contributed by atoms with Gasteiger partial charge in [-0.3, -0.25) is 0 Å². The lowest BCUT2D eigenvalue weighted by Crippen LogP contribution is -2.28. The maximum Gasteiger partial charge on any atom is 0.166 e. The third-order valence-electron chi connectivity index (χ3n) is 4.78. The summed E-state index contributed by atoms with van der Waals surface area (Å²) in [4.78, 5) is 8.35. The Labute approximate surface area is 164 Å². The first-order valence-corrected chi connectivity index (χ1v) is 9.35. The highest BCUT2D eigenvalue weighted by Gasteiger charge is 2.21. The van der Waals surface area contributed by atoms with E-state index in [9.17, 15) is 8.78 Å². The Morgan fingerprint density at radius 1 is 1.15 bits per heavy atom. The zero-order valence-electron chi connectivity index (χ0n) is 14.2. The average molecular weight is 409 g/mol. The fourth-order valence-electron chi connectivity index (χ4n) is 3.37. The van der Waals surface area contributed by atoms with Crippen molar-refractivity contribution in [1.82, 2.24) is 15.3 Å². The maximum atomic E-state index is 14.6. The summed E-state index contributed by atoms with van der Waals surface area (Å²) in [6.07, 6.45) is 3.21. The summed E-state index contributed by atoms with van der Waals surface area (Å²) in [7, 11) is 0. The Morgan fingerprint density at radius 3 is 2.78 bits per heavy atom. The topological polar surface area (TPSA) is 49.8 Å². The van der Waals surface area contributed by atoms with Crippen LogP contribution < -0.4 is 10.6 Å². The second-order valence-corrected chi connectivity index (χ2v) is 7.29. The third kappa shape index (κ3) is 3.57. The molecule has 0 bridgehead atoms. The molecule has 1 aromatic heterocycles. The van der Waals surface area contributed by atoms with E-state index in [1.54, 1.807) is 6.07 Å². The van der Waals surface area contributed by atoms with Crippen molar-refractivity contribution in [2.24, 2.45) is 0 Å². The Hall–Kier alpha value is -2.02. The van der Waals surface area contributed by atoms with E-state index in [4.69, 9.17) is 23.2 Å². The molecule has 0 aliphatic carbocycles. The third-order valence-corrected chi connectivity index (χ3v) is 5.56. The van der Waals surface area contributed by atoms with Crippen LogP contribution in [0.25, 0.3) is 10.9 Å². The number of anilines is 2. The lowest BCUT2D eigenvalue weighted by Gasteiger charge is -2.24. The van der Waals surface area contributed by atoms with Crippen molar-refractivity contribution >= 4 is 45.6 Å². The molecule has 2 N–H and O–H groups in total. The summed E-state index contributed by atoms with van der Waals surface area (Å²) in [6.45, 7) is 1.67. The lowest BCUT2D eigenvalue weighted by molar-refractivity contribution is 0.447. The molecule has 4 rings (SSSR count). The molecule has 1 fully saturated rings. The number of benzene rings is 2.